The molecule has 1 aliphatic carbocycles. The van der Waals surface area contributed by atoms with Gasteiger partial charge in [-0.3, -0.25) is 9.78 Å². The fourth-order valence-corrected chi connectivity index (χ4v) is 3.33. The molecule has 1 aromatic heterocycles. The Morgan fingerprint density at radius 1 is 1.22 bits per heavy atom. The van der Waals surface area contributed by atoms with E-state index in [4.69, 9.17) is 4.74 Å². The van der Waals surface area contributed by atoms with Gasteiger partial charge in [0.05, 0.1) is 12.1 Å². The lowest BCUT2D eigenvalue weighted by Crippen LogP contribution is -2.18. The van der Waals surface area contributed by atoms with Crippen LogP contribution < -0.4 is 0 Å². The summed E-state index contributed by atoms with van der Waals surface area (Å²) < 4.78 is 5.77. The third kappa shape index (κ3) is 3.61. The normalized spacial score (nSPS) is 17.8. The molecule has 120 valence electrons. The highest BCUT2D eigenvalue weighted by atomic mass is 16.5. The van der Waals surface area contributed by atoms with Crippen molar-refractivity contribution in [1.29, 1.82) is 0 Å². The molecule has 1 aliphatic rings. The first-order chi connectivity index (χ1) is 11.1. The minimum Gasteiger partial charge on any atom is -0.456 e. The lowest BCUT2D eigenvalue weighted by Gasteiger charge is -2.22. The molecule has 2 atom stereocenters. The second kappa shape index (κ2) is 6.95. The van der Waals surface area contributed by atoms with Gasteiger partial charge in [-0.1, -0.05) is 44.2 Å². The number of pyridine rings is 1. The molecule has 0 spiro atoms. The predicted molar refractivity (Wildman–Crippen MR) is 90.0 cm³/mol. The number of fused-ring (bicyclic) bond motifs is 1. The topological polar surface area (TPSA) is 39.2 Å². The summed E-state index contributed by atoms with van der Waals surface area (Å²) in [5.41, 5.74) is 3.50. The number of hydrogen-bond acceptors (Lipinski definition) is 3. The second-order valence-electron chi connectivity index (χ2n) is 6.55. The van der Waals surface area contributed by atoms with Crippen LogP contribution in [0.4, 0.5) is 0 Å². The second-order valence-corrected chi connectivity index (χ2v) is 6.55. The van der Waals surface area contributed by atoms with E-state index in [0.29, 0.717) is 6.42 Å². The zero-order chi connectivity index (χ0) is 16.2. The molecule has 1 aromatic carbocycles. The Kier molecular flexibility index (Phi) is 4.75. The molecule has 0 radical (unpaired) electrons. The van der Waals surface area contributed by atoms with Crippen molar-refractivity contribution in [3.8, 4) is 0 Å². The van der Waals surface area contributed by atoms with Crippen LogP contribution in [0.25, 0.3) is 0 Å². The van der Waals surface area contributed by atoms with Gasteiger partial charge in [-0.25, -0.2) is 0 Å². The number of ether oxygens (including phenoxy) is 1. The van der Waals surface area contributed by atoms with Gasteiger partial charge in [0.1, 0.15) is 6.10 Å². The largest absolute Gasteiger partial charge is 0.456 e. The fourth-order valence-electron chi connectivity index (χ4n) is 3.33. The Morgan fingerprint density at radius 3 is 2.74 bits per heavy atom. The van der Waals surface area contributed by atoms with Gasteiger partial charge >= 0.3 is 5.97 Å². The Balaban J connectivity index is 1.67. The van der Waals surface area contributed by atoms with Crippen LogP contribution in [0.5, 0.6) is 0 Å². The Hall–Kier alpha value is -2.16. The van der Waals surface area contributed by atoms with Crippen LogP contribution in [-0.2, 0) is 16.0 Å². The van der Waals surface area contributed by atoms with Gasteiger partial charge in [0, 0.05) is 6.20 Å². The summed E-state index contributed by atoms with van der Waals surface area (Å²) in [4.78, 5) is 16.8. The number of aryl methyl sites for hydroxylation is 1. The quantitative estimate of drug-likeness (QED) is 0.766. The summed E-state index contributed by atoms with van der Waals surface area (Å²) >= 11 is 0. The van der Waals surface area contributed by atoms with Crippen LogP contribution in [0.15, 0.2) is 48.7 Å². The molecule has 1 heterocycles. The monoisotopic (exact) mass is 309 g/mol. The van der Waals surface area contributed by atoms with Crippen molar-refractivity contribution in [2.75, 3.05) is 0 Å². The molecule has 2 unspecified atom stereocenters. The van der Waals surface area contributed by atoms with Gasteiger partial charge in [-0.05, 0) is 47.9 Å². The van der Waals surface area contributed by atoms with E-state index in [1.165, 1.54) is 11.1 Å². The van der Waals surface area contributed by atoms with E-state index in [9.17, 15) is 4.79 Å². The van der Waals surface area contributed by atoms with Crippen molar-refractivity contribution < 1.29 is 9.53 Å². The van der Waals surface area contributed by atoms with E-state index < -0.39 is 0 Å². The first-order valence-corrected chi connectivity index (χ1v) is 8.33. The van der Waals surface area contributed by atoms with Crippen molar-refractivity contribution in [2.24, 2.45) is 5.92 Å². The van der Waals surface area contributed by atoms with Crippen LogP contribution in [0.3, 0.4) is 0 Å². The number of carbonyl (C=O) groups is 1. The lowest BCUT2D eigenvalue weighted by atomic mass is 9.97. The average Bonchev–Trinajstić information content (AvgIpc) is 2.96. The minimum absolute atomic E-state index is 0.129. The van der Waals surface area contributed by atoms with Crippen LogP contribution in [0, 0.1) is 5.92 Å². The summed E-state index contributed by atoms with van der Waals surface area (Å²) in [7, 11) is 0. The highest BCUT2D eigenvalue weighted by molar-refractivity contribution is 5.71. The average molecular weight is 309 g/mol. The van der Waals surface area contributed by atoms with Gasteiger partial charge in [0.2, 0.25) is 0 Å². The zero-order valence-electron chi connectivity index (χ0n) is 13.7. The smallest absolute Gasteiger partial charge is 0.307 e. The number of rotatable bonds is 5. The van der Waals surface area contributed by atoms with Crippen molar-refractivity contribution in [3.63, 3.8) is 0 Å². The summed E-state index contributed by atoms with van der Waals surface area (Å²) in [6.45, 7) is 4.11. The van der Waals surface area contributed by atoms with E-state index in [-0.39, 0.29) is 23.9 Å². The first-order valence-electron chi connectivity index (χ1n) is 8.33. The molecular weight excluding hydrogens is 286 g/mol. The summed E-state index contributed by atoms with van der Waals surface area (Å²) in [6, 6.07) is 14.1. The van der Waals surface area contributed by atoms with E-state index >= 15 is 0 Å². The Bertz CT molecular complexity index is 666. The van der Waals surface area contributed by atoms with Gasteiger partial charge in [0.25, 0.3) is 0 Å². The van der Waals surface area contributed by atoms with Crippen molar-refractivity contribution in [2.45, 2.75) is 45.1 Å². The van der Waals surface area contributed by atoms with Crippen LogP contribution in [0.1, 0.15) is 55.5 Å². The van der Waals surface area contributed by atoms with Crippen LogP contribution in [0.2, 0.25) is 0 Å². The highest BCUT2D eigenvalue weighted by Crippen LogP contribution is 2.36. The standard InChI is InChI=1S/C20H23NO2/c1-14(2)20(18-9-5-6-12-21-18)23-19(22)13-16-11-10-15-7-3-4-8-17(15)16/h3-9,12,14,16,20H,10-11,13H2,1-2H3. The molecule has 0 saturated heterocycles. The van der Waals surface area contributed by atoms with E-state index in [2.05, 4.69) is 37.0 Å². The molecule has 0 bridgehead atoms. The molecule has 2 aromatic rings. The first kappa shape index (κ1) is 15.7. The molecule has 0 aliphatic heterocycles. The summed E-state index contributed by atoms with van der Waals surface area (Å²) in [6.07, 6.45) is 4.01. The number of esters is 1. The molecule has 0 fully saturated rings. The van der Waals surface area contributed by atoms with Gasteiger partial charge in [-0.2, -0.15) is 0 Å². The van der Waals surface area contributed by atoms with Crippen LogP contribution >= 0.6 is 0 Å². The molecule has 3 rings (SSSR count). The number of hydrogen-bond donors (Lipinski definition) is 0. The maximum atomic E-state index is 12.4. The SMILES string of the molecule is CC(C)C(OC(=O)CC1CCc2ccccc21)c1ccccn1. The summed E-state index contributed by atoms with van der Waals surface area (Å²) in [5, 5.41) is 0. The minimum atomic E-state index is -0.277. The molecule has 0 N–H and O–H groups in total. The molecule has 3 nitrogen and oxygen atoms in total. The molecular formula is C20H23NO2. The van der Waals surface area contributed by atoms with Crippen molar-refractivity contribution in [1.82, 2.24) is 4.98 Å². The van der Waals surface area contributed by atoms with Gasteiger partial charge < -0.3 is 4.74 Å². The third-order valence-electron chi connectivity index (χ3n) is 4.51. The molecule has 3 heteroatoms. The molecule has 23 heavy (non-hydrogen) atoms. The highest BCUT2D eigenvalue weighted by Gasteiger charge is 2.27. The van der Waals surface area contributed by atoms with Gasteiger partial charge in [0.15, 0.2) is 0 Å². The Labute approximate surface area is 137 Å². The predicted octanol–water partition coefficient (Wildman–Crippen LogP) is 4.44. The molecule has 0 amide bonds. The maximum absolute atomic E-state index is 12.4. The van der Waals surface area contributed by atoms with Gasteiger partial charge in [-0.15, -0.1) is 0 Å². The number of benzene rings is 1. The zero-order valence-corrected chi connectivity index (χ0v) is 13.7. The fraction of sp³-hybridized carbons (Fsp3) is 0.400. The molecule has 0 saturated carbocycles. The maximum Gasteiger partial charge on any atom is 0.307 e. The van der Waals surface area contributed by atoms with Crippen LogP contribution in [-0.4, -0.2) is 11.0 Å². The number of carbonyl (C=O) groups excluding carboxylic acids is 1. The van der Waals surface area contributed by atoms with Crippen molar-refractivity contribution in [3.05, 3.63) is 65.5 Å². The van der Waals surface area contributed by atoms with E-state index in [1.807, 2.05) is 24.3 Å². The third-order valence-corrected chi connectivity index (χ3v) is 4.51. The summed E-state index contributed by atoms with van der Waals surface area (Å²) in [5.74, 6) is 0.357. The van der Waals surface area contributed by atoms with E-state index in [1.54, 1.807) is 6.20 Å². The van der Waals surface area contributed by atoms with E-state index in [0.717, 1.165) is 18.5 Å². The number of nitrogens with zero attached hydrogens (tertiary/aromatic N) is 1. The number of aromatic nitrogens is 1. The Morgan fingerprint density at radius 2 is 2.00 bits per heavy atom. The lowest BCUT2D eigenvalue weighted by molar-refractivity contribution is -0.152. The van der Waals surface area contributed by atoms with Crippen molar-refractivity contribution >= 4 is 5.97 Å².